The van der Waals surface area contributed by atoms with Crippen LogP contribution in [0.1, 0.15) is 38.7 Å². The lowest BCUT2D eigenvalue weighted by atomic mass is 9.94. The monoisotopic (exact) mass is 318 g/mol. The lowest BCUT2D eigenvalue weighted by Crippen LogP contribution is -2.47. The van der Waals surface area contributed by atoms with Gasteiger partial charge >= 0.3 is 0 Å². The number of carbonyl (C=O) groups excluding carboxylic acids is 2. The molecule has 0 bridgehead atoms. The molecule has 0 aromatic heterocycles. The highest BCUT2D eigenvalue weighted by atomic mass is 16.3. The van der Waals surface area contributed by atoms with Crippen molar-refractivity contribution >= 4 is 11.8 Å². The van der Waals surface area contributed by atoms with Gasteiger partial charge in [0.2, 0.25) is 11.8 Å². The standard InChI is InChI=1S/C18H26N2O3/c1-3-16(21)20-11-7-8-14(12-20)17(22)19-13-18(2,23)15-9-5-4-6-10-15/h4-6,9-10,14,23H,3,7-8,11-13H2,1-2H3,(H,19,22). The first-order valence-electron chi connectivity index (χ1n) is 8.27. The Kier molecular flexibility index (Phi) is 5.77. The Morgan fingerprint density at radius 3 is 2.70 bits per heavy atom. The van der Waals surface area contributed by atoms with E-state index in [-0.39, 0.29) is 24.3 Å². The molecule has 1 fully saturated rings. The van der Waals surface area contributed by atoms with E-state index in [1.165, 1.54) is 0 Å². The number of aliphatic hydroxyl groups is 1. The zero-order chi connectivity index (χ0) is 16.9. The molecule has 1 aliphatic rings. The minimum Gasteiger partial charge on any atom is -0.384 e. The Morgan fingerprint density at radius 1 is 1.35 bits per heavy atom. The van der Waals surface area contributed by atoms with Gasteiger partial charge in [-0.25, -0.2) is 0 Å². The average molecular weight is 318 g/mol. The van der Waals surface area contributed by atoms with Gasteiger partial charge in [0.1, 0.15) is 5.60 Å². The van der Waals surface area contributed by atoms with Crippen LogP contribution in [-0.2, 0) is 15.2 Å². The fourth-order valence-corrected chi connectivity index (χ4v) is 2.94. The summed E-state index contributed by atoms with van der Waals surface area (Å²) in [6.45, 7) is 4.90. The first kappa shape index (κ1) is 17.5. The fourth-order valence-electron chi connectivity index (χ4n) is 2.94. The van der Waals surface area contributed by atoms with Crippen molar-refractivity contribution in [2.24, 2.45) is 5.92 Å². The van der Waals surface area contributed by atoms with Crippen LogP contribution in [0.5, 0.6) is 0 Å². The molecule has 0 saturated carbocycles. The highest BCUT2D eigenvalue weighted by molar-refractivity contribution is 5.81. The Morgan fingerprint density at radius 2 is 2.04 bits per heavy atom. The molecule has 2 rings (SSSR count). The molecule has 1 aromatic carbocycles. The molecule has 1 heterocycles. The second kappa shape index (κ2) is 7.59. The smallest absolute Gasteiger partial charge is 0.225 e. The Labute approximate surface area is 137 Å². The summed E-state index contributed by atoms with van der Waals surface area (Å²) in [5, 5.41) is 13.4. The first-order valence-corrected chi connectivity index (χ1v) is 8.27. The van der Waals surface area contributed by atoms with E-state index in [0.717, 1.165) is 24.9 Å². The summed E-state index contributed by atoms with van der Waals surface area (Å²) >= 11 is 0. The van der Waals surface area contributed by atoms with Crippen LogP contribution >= 0.6 is 0 Å². The summed E-state index contributed by atoms with van der Waals surface area (Å²) in [6, 6.07) is 9.30. The van der Waals surface area contributed by atoms with Crippen LogP contribution in [-0.4, -0.2) is 41.5 Å². The number of rotatable bonds is 5. The van der Waals surface area contributed by atoms with E-state index >= 15 is 0 Å². The lowest BCUT2D eigenvalue weighted by molar-refractivity contribution is -0.135. The van der Waals surface area contributed by atoms with Crippen molar-refractivity contribution in [1.29, 1.82) is 0 Å². The van der Waals surface area contributed by atoms with Crippen LogP contribution in [0.3, 0.4) is 0 Å². The van der Waals surface area contributed by atoms with Gasteiger partial charge in [0, 0.05) is 19.5 Å². The van der Waals surface area contributed by atoms with Gasteiger partial charge in [-0.15, -0.1) is 0 Å². The number of carbonyl (C=O) groups is 2. The minimum absolute atomic E-state index is 0.0881. The van der Waals surface area contributed by atoms with Crippen molar-refractivity contribution < 1.29 is 14.7 Å². The van der Waals surface area contributed by atoms with E-state index in [0.29, 0.717) is 13.0 Å². The molecule has 2 N–H and O–H groups in total. The second-order valence-corrected chi connectivity index (χ2v) is 6.39. The third-order valence-electron chi connectivity index (χ3n) is 4.45. The van der Waals surface area contributed by atoms with E-state index in [9.17, 15) is 14.7 Å². The third kappa shape index (κ3) is 4.55. The van der Waals surface area contributed by atoms with Crippen LogP contribution in [0.4, 0.5) is 0 Å². The minimum atomic E-state index is -1.11. The second-order valence-electron chi connectivity index (χ2n) is 6.39. The number of hydrogen-bond donors (Lipinski definition) is 2. The largest absolute Gasteiger partial charge is 0.384 e. The Hall–Kier alpha value is -1.88. The maximum atomic E-state index is 12.4. The van der Waals surface area contributed by atoms with Crippen molar-refractivity contribution in [2.75, 3.05) is 19.6 Å². The number of hydrogen-bond acceptors (Lipinski definition) is 3. The maximum absolute atomic E-state index is 12.4. The molecular weight excluding hydrogens is 292 g/mol. The van der Waals surface area contributed by atoms with Crippen molar-refractivity contribution in [2.45, 2.75) is 38.7 Å². The van der Waals surface area contributed by atoms with Gasteiger partial charge < -0.3 is 15.3 Å². The summed E-state index contributed by atoms with van der Waals surface area (Å²) in [6.07, 6.45) is 2.10. The van der Waals surface area contributed by atoms with Crippen LogP contribution < -0.4 is 5.32 Å². The summed E-state index contributed by atoms with van der Waals surface area (Å²) < 4.78 is 0. The van der Waals surface area contributed by atoms with Crippen LogP contribution in [0.25, 0.3) is 0 Å². The molecule has 5 heteroatoms. The van der Waals surface area contributed by atoms with E-state index < -0.39 is 5.60 Å². The van der Waals surface area contributed by atoms with Gasteiger partial charge in [-0.05, 0) is 25.3 Å². The predicted octanol–water partition coefficient (Wildman–Crippen LogP) is 1.66. The zero-order valence-electron chi connectivity index (χ0n) is 13.9. The van der Waals surface area contributed by atoms with Crippen LogP contribution in [0.15, 0.2) is 30.3 Å². The number of likely N-dealkylation sites (tertiary alicyclic amines) is 1. The molecule has 1 aromatic rings. The summed E-state index contributed by atoms with van der Waals surface area (Å²) in [4.78, 5) is 25.9. The van der Waals surface area contributed by atoms with Gasteiger partial charge in [0.15, 0.2) is 0 Å². The number of nitrogens with zero attached hydrogens (tertiary/aromatic N) is 1. The number of piperidine rings is 1. The molecule has 1 aliphatic heterocycles. The number of benzene rings is 1. The normalized spacial score (nSPS) is 20.7. The molecule has 0 aliphatic carbocycles. The van der Waals surface area contributed by atoms with Crippen molar-refractivity contribution in [3.8, 4) is 0 Å². The van der Waals surface area contributed by atoms with Gasteiger partial charge in [0.25, 0.3) is 0 Å². The highest BCUT2D eigenvalue weighted by Gasteiger charge is 2.30. The molecule has 1 saturated heterocycles. The SMILES string of the molecule is CCC(=O)N1CCCC(C(=O)NCC(C)(O)c2ccccc2)C1. The summed E-state index contributed by atoms with van der Waals surface area (Å²) in [5.41, 5.74) is -0.337. The molecule has 2 atom stereocenters. The first-order chi connectivity index (χ1) is 10.9. The van der Waals surface area contributed by atoms with Crippen LogP contribution in [0.2, 0.25) is 0 Å². The van der Waals surface area contributed by atoms with Crippen molar-refractivity contribution in [3.05, 3.63) is 35.9 Å². The molecule has 2 unspecified atom stereocenters. The fraction of sp³-hybridized carbons (Fsp3) is 0.556. The maximum Gasteiger partial charge on any atom is 0.225 e. The number of nitrogens with one attached hydrogen (secondary N) is 1. The predicted molar refractivity (Wildman–Crippen MR) is 88.6 cm³/mol. The van der Waals surface area contributed by atoms with Gasteiger partial charge in [-0.1, -0.05) is 37.3 Å². The quantitative estimate of drug-likeness (QED) is 0.867. The molecule has 0 spiro atoms. The molecular formula is C18H26N2O3. The van der Waals surface area contributed by atoms with Gasteiger partial charge in [-0.2, -0.15) is 0 Å². The topological polar surface area (TPSA) is 69.6 Å². The molecule has 2 amide bonds. The third-order valence-corrected chi connectivity index (χ3v) is 4.45. The molecule has 5 nitrogen and oxygen atoms in total. The van der Waals surface area contributed by atoms with Crippen molar-refractivity contribution in [1.82, 2.24) is 10.2 Å². The van der Waals surface area contributed by atoms with E-state index in [1.807, 2.05) is 37.3 Å². The van der Waals surface area contributed by atoms with E-state index in [4.69, 9.17) is 0 Å². The number of amides is 2. The lowest BCUT2D eigenvalue weighted by Gasteiger charge is -2.33. The van der Waals surface area contributed by atoms with E-state index in [1.54, 1.807) is 11.8 Å². The van der Waals surface area contributed by atoms with Crippen LogP contribution in [0, 0.1) is 5.92 Å². The molecule has 126 valence electrons. The molecule has 0 radical (unpaired) electrons. The van der Waals surface area contributed by atoms with Gasteiger partial charge in [-0.3, -0.25) is 9.59 Å². The summed E-state index contributed by atoms with van der Waals surface area (Å²) in [5.74, 6) is -0.181. The Balaban J connectivity index is 1.90. The average Bonchev–Trinajstić information content (AvgIpc) is 2.60. The van der Waals surface area contributed by atoms with Crippen molar-refractivity contribution in [3.63, 3.8) is 0 Å². The van der Waals surface area contributed by atoms with Gasteiger partial charge in [0.05, 0.1) is 12.5 Å². The Bertz CT molecular complexity index is 542. The van der Waals surface area contributed by atoms with E-state index in [2.05, 4.69) is 5.32 Å². The summed E-state index contributed by atoms with van der Waals surface area (Å²) in [7, 11) is 0. The molecule has 23 heavy (non-hydrogen) atoms. The highest BCUT2D eigenvalue weighted by Crippen LogP contribution is 2.21. The zero-order valence-corrected chi connectivity index (χ0v) is 13.9.